The Morgan fingerprint density at radius 2 is 1.79 bits per heavy atom. The van der Waals surface area contributed by atoms with E-state index in [4.69, 9.17) is 9.47 Å². The number of anilines is 1. The lowest BCUT2D eigenvalue weighted by Gasteiger charge is -2.34. The van der Waals surface area contributed by atoms with E-state index in [1.165, 1.54) is 6.20 Å². The third-order valence-corrected chi connectivity index (χ3v) is 4.73. The van der Waals surface area contributed by atoms with Crippen LogP contribution in [0.1, 0.15) is 17.4 Å². The molecule has 28 heavy (non-hydrogen) atoms. The van der Waals surface area contributed by atoms with E-state index >= 15 is 0 Å². The molecule has 1 saturated heterocycles. The molecule has 1 aromatic heterocycles. The van der Waals surface area contributed by atoms with Crippen LogP contribution < -0.4 is 19.7 Å². The summed E-state index contributed by atoms with van der Waals surface area (Å²) in [6, 6.07) is 7.30. The number of carbonyl (C=O) groups is 1. The lowest BCUT2D eigenvalue weighted by molar-refractivity contribution is 0.0941. The van der Waals surface area contributed by atoms with Gasteiger partial charge in [-0.25, -0.2) is 9.97 Å². The van der Waals surface area contributed by atoms with Crippen molar-refractivity contribution in [1.29, 1.82) is 0 Å². The average Bonchev–Trinajstić information content (AvgIpc) is 2.77. The van der Waals surface area contributed by atoms with Crippen LogP contribution in [0.25, 0.3) is 0 Å². The number of nitrogens with zero attached hydrogens (tertiary/aromatic N) is 4. The van der Waals surface area contributed by atoms with Crippen molar-refractivity contribution >= 4 is 11.7 Å². The third-order valence-electron chi connectivity index (χ3n) is 4.73. The van der Waals surface area contributed by atoms with E-state index in [1.54, 1.807) is 13.3 Å². The minimum Gasteiger partial charge on any atom is -0.497 e. The molecular weight excluding hydrogens is 358 g/mol. The molecule has 0 bridgehead atoms. The molecule has 1 aliphatic heterocycles. The molecule has 0 atom stereocenters. The van der Waals surface area contributed by atoms with Crippen molar-refractivity contribution in [2.24, 2.45) is 0 Å². The fourth-order valence-corrected chi connectivity index (χ4v) is 2.99. The summed E-state index contributed by atoms with van der Waals surface area (Å²) in [5.74, 6) is 2.06. The normalized spacial score (nSPS) is 14.6. The molecular formula is C20H27N5O3. The lowest BCUT2D eigenvalue weighted by Crippen LogP contribution is -2.46. The molecule has 0 saturated carbocycles. The van der Waals surface area contributed by atoms with Gasteiger partial charge in [0.05, 0.1) is 26.0 Å². The van der Waals surface area contributed by atoms with Crippen LogP contribution in [0.2, 0.25) is 0 Å². The van der Waals surface area contributed by atoms with Crippen molar-refractivity contribution < 1.29 is 14.3 Å². The van der Waals surface area contributed by atoms with Crippen LogP contribution in [0.5, 0.6) is 11.5 Å². The topological polar surface area (TPSA) is 79.8 Å². The number of rotatable bonds is 8. The standard InChI is InChI=1S/C20H27N5O3/c1-3-24-9-11-25(12-10-24)19-15-22-18(14-23-19)20(26)21-8-13-28-17-6-4-16(27-2)5-7-17/h4-7,14-15H,3,8-13H2,1-2H3,(H,21,26). The number of benzene rings is 1. The highest BCUT2D eigenvalue weighted by Gasteiger charge is 2.17. The zero-order valence-corrected chi connectivity index (χ0v) is 16.4. The Kier molecular flexibility index (Phi) is 7.02. The second-order valence-corrected chi connectivity index (χ2v) is 6.46. The summed E-state index contributed by atoms with van der Waals surface area (Å²) in [6.45, 7) is 7.89. The van der Waals surface area contributed by atoms with Gasteiger partial charge in [-0.05, 0) is 30.8 Å². The number of carbonyl (C=O) groups excluding carboxylic acids is 1. The van der Waals surface area contributed by atoms with Gasteiger partial charge < -0.3 is 24.6 Å². The zero-order valence-electron chi connectivity index (χ0n) is 16.4. The van der Waals surface area contributed by atoms with Crippen molar-refractivity contribution in [3.05, 3.63) is 42.4 Å². The molecule has 3 rings (SSSR count). The Labute approximate surface area is 165 Å². The van der Waals surface area contributed by atoms with E-state index in [-0.39, 0.29) is 5.91 Å². The maximum atomic E-state index is 12.2. The van der Waals surface area contributed by atoms with Crippen LogP contribution in [0, 0.1) is 0 Å². The Hall–Kier alpha value is -2.87. The van der Waals surface area contributed by atoms with Gasteiger partial charge in [-0.2, -0.15) is 0 Å². The predicted molar refractivity (Wildman–Crippen MR) is 107 cm³/mol. The van der Waals surface area contributed by atoms with Crippen LogP contribution in [0.4, 0.5) is 5.82 Å². The fourth-order valence-electron chi connectivity index (χ4n) is 2.99. The second-order valence-electron chi connectivity index (χ2n) is 6.46. The molecule has 2 aromatic rings. The molecule has 0 unspecified atom stereocenters. The zero-order chi connectivity index (χ0) is 19.8. The summed E-state index contributed by atoms with van der Waals surface area (Å²) in [7, 11) is 1.62. The summed E-state index contributed by atoms with van der Waals surface area (Å²) in [4.78, 5) is 25.5. The van der Waals surface area contributed by atoms with Crippen molar-refractivity contribution in [3.8, 4) is 11.5 Å². The van der Waals surface area contributed by atoms with Gasteiger partial charge in [0.25, 0.3) is 5.91 Å². The maximum Gasteiger partial charge on any atom is 0.271 e. The highest BCUT2D eigenvalue weighted by molar-refractivity contribution is 5.92. The molecule has 0 aliphatic carbocycles. The SMILES string of the molecule is CCN1CCN(c2cnc(C(=O)NCCOc3ccc(OC)cc3)cn2)CC1. The molecule has 8 nitrogen and oxygen atoms in total. The largest absolute Gasteiger partial charge is 0.497 e. The fraction of sp³-hybridized carbons (Fsp3) is 0.450. The van der Waals surface area contributed by atoms with Crippen LogP contribution in [-0.4, -0.2) is 73.8 Å². The maximum absolute atomic E-state index is 12.2. The van der Waals surface area contributed by atoms with Gasteiger partial charge in [0.1, 0.15) is 29.6 Å². The molecule has 1 aromatic carbocycles. The van der Waals surface area contributed by atoms with E-state index in [0.29, 0.717) is 18.8 Å². The molecule has 1 N–H and O–H groups in total. The summed E-state index contributed by atoms with van der Waals surface area (Å²) in [6.07, 6.45) is 3.20. The summed E-state index contributed by atoms with van der Waals surface area (Å²) >= 11 is 0. The Balaban J connectivity index is 1.41. The molecule has 0 spiro atoms. The Morgan fingerprint density at radius 3 is 2.39 bits per heavy atom. The van der Waals surface area contributed by atoms with E-state index in [9.17, 15) is 4.79 Å². The quantitative estimate of drug-likeness (QED) is 0.689. The smallest absolute Gasteiger partial charge is 0.271 e. The number of piperazine rings is 1. The first kappa shape index (κ1) is 19.9. The van der Waals surface area contributed by atoms with Crippen LogP contribution >= 0.6 is 0 Å². The highest BCUT2D eigenvalue weighted by Crippen LogP contribution is 2.16. The molecule has 8 heteroatoms. The van der Waals surface area contributed by atoms with E-state index < -0.39 is 0 Å². The predicted octanol–water partition coefficient (Wildman–Crippen LogP) is 1.44. The van der Waals surface area contributed by atoms with Gasteiger partial charge in [0.15, 0.2) is 0 Å². The number of hydrogen-bond donors (Lipinski definition) is 1. The summed E-state index contributed by atoms with van der Waals surface area (Å²) < 4.78 is 10.7. The molecule has 1 amide bonds. The van der Waals surface area contributed by atoms with Crippen molar-refractivity contribution in [2.75, 3.05) is 57.9 Å². The monoisotopic (exact) mass is 385 g/mol. The van der Waals surface area contributed by atoms with Gasteiger partial charge in [-0.1, -0.05) is 6.92 Å². The second kappa shape index (κ2) is 9.89. The van der Waals surface area contributed by atoms with Crippen molar-refractivity contribution in [1.82, 2.24) is 20.2 Å². The number of likely N-dealkylation sites (N-methyl/N-ethyl adjacent to an activating group) is 1. The summed E-state index contributed by atoms with van der Waals surface area (Å²) in [5.41, 5.74) is 0.306. The number of aromatic nitrogens is 2. The number of nitrogens with one attached hydrogen (secondary N) is 1. The first-order valence-electron chi connectivity index (χ1n) is 9.54. The first-order valence-corrected chi connectivity index (χ1v) is 9.54. The first-order chi connectivity index (χ1) is 13.7. The van der Waals surface area contributed by atoms with E-state index in [2.05, 4.69) is 32.0 Å². The lowest BCUT2D eigenvalue weighted by atomic mass is 10.3. The Morgan fingerprint density at radius 1 is 1.07 bits per heavy atom. The van der Waals surface area contributed by atoms with Crippen molar-refractivity contribution in [3.63, 3.8) is 0 Å². The van der Waals surface area contributed by atoms with E-state index in [1.807, 2.05) is 24.3 Å². The third kappa shape index (κ3) is 5.32. The molecule has 1 aliphatic rings. The molecule has 1 fully saturated rings. The van der Waals surface area contributed by atoms with Gasteiger partial charge in [-0.15, -0.1) is 0 Å². The highest BCUT2D eigenvalue weighted by atomic mass is 16.5. The molecule has 150 valence electrons. The Bertz CT molecular complexity index is 743. The van der Waals surface area contributed by atoms with Crippen LogP contribution in [-0.2, 0) is 0 Å². The average molecular weight is 385 g/mol. The summed E-state index contributed by atoms with van der Waals surface area (Å²) in [5, 5.41) is 2.79. The number of ether oxygens (including phenoxy) is 2. The van der Waals surface area contributed by atoms with Crippen LogP contribution in [0.3, 0.4) is 0 Å². The van der Waals surface area contributed by atoms with Gasteiger partial charge in [0, 0.05) is 26.2 Å². The minimum absolute atomic E-state index is 0.256. The minimum atomic E-state index is -0.256. The number of amides is 1. The van der Waals surface area contributed by atoms with E-state index in [0.717, 1.165) is 50.0 Å². The van der Waals surface area contributed by atoms with Crippen molar-refractivity contribution in [2.45, 2.75) is 6.92 Å². The van der Waals surface area contributed by atoms with Crippen LogP contribution in [0.15, 0.2) is 36.7 Å². The molecule has 0 radical (unpaired) electrons. The molecule has 2 heterocycles. The van der Waals surface area contributed by atoms with Gasteiger partial charge >= 0.3 is 0 Å². The van der Waals surface area contributed by atoms with Gasteiger partial charge in [-0.3, -0.25) is 4.79 Å². The van der Waals surface area contributed by atoms with Gasteiger partial charge in [0.2, 0.25) is 0 Å². The number of hydrogen-bond acceptors (Lipinski definition) is 7. The number of methoxy groups -OCH3 is 1.